The molecule has 0 spiro atoms. The van der Waals surface area contributed by atoms with Crippen LogP contribution >= 0.6 is 11.8 Å². The number of hydrogen-bond acceptors (Lipinski definition) is 3. The minimum absolute atomic E-state index is 0.260. The molecule has 0 unspecified atom stereocenters. The summed E-state index contributed by atoms with van der Waals surface area (Å²) < 4.78 is 12.7. The summed E-state index contributed by atoms with van der Waals surface area (Å²) >= 11 is 1.46. The van der Waals surface area contributed by atoms with Crippen molar-refractivity contribution in [2.75, 3.05) is 5.73 Å². The molecule has 0 heterocycles. The highest BCUT2D eigenvalue weighted by atomic mass is 32.2. The van der Waals surface area contributed by atoms with Crippen LogP contribution in [0.5, 0.6) is 0 Å². The van der Waals surface area contributed by atoms with Crippen molar-refractivity contribution in [2.24, 2.45) is 0 Å². The van der Waals surface area contributed by atoms with Crippen LogP contribution < -0.4 is 5.73 Å². The molecular formula is C13H9FN2S. The number of rotatable bonds is 2. The number of benzene rings is 2. The lowest BCUT2D eigenvalue weighted by atomic mass is 10.2. The minimum Gasteiger partial charge on any atom is -0.398 e. The van der Waals surface area contributed by atoms with Gasteiger partial charge >= 0.3 is 0 Å². The van der Waals surface area contributed by atoms with Crippen LogP contribution in [0.15, 0.2) is 52.3 Å². The third-order valence-corrected chi connectivity index (χ3v) is 3.19. The van der Waals surface area contributed by atoms with Gasteiger partial charge in [0.25, 0.3) is 0 Å². The molecule has 0 bridgehead atoms. The van der Waals surface area contributed by atoms with Gasteiger partial charge in [0.15, 0.2) is 0 Å². The van der Waals surface area contributed by atoms with Crippen LogP contribution in [-0.4, -0.2) is 0 Å². The summed E-state index contributed by atoms with van der Waals surface area (Å²) in [6, 6.07) is 13.5. The average Bonchev–Trinajstić information content (AvgIpc) is 2.34. The van der Waals surface area contributed by atoms with E-state index >= 15 is 0 Å². The fourth-order valence-corrected chi connectivity index (χ4v) is 2.19. The van der Waals surface area contributed by atoms with E-state index < -0.39 is 0 Å². The van der Waals surface area contributed by atoms with Gasteiger partial charge in [-0.15, -0.1) is 0 Å². The summed E-state index contributed by atoms with van der Waals surface area (Å²) in [5.41, 5.74) is 6.56. The maximum Gasteiger partial charge on any atom is 0.123 e. The molecule has 0 aliphatic carbocycles. The molecule has 84 valence electrons. The largest absolute Gasteiger partial charge is 0.398 e. The normalized spacial score (nSPS) is 9.88. The Morgan fingerprint density at radius 2 is 1.71 bits per heavy atom. The molecule has 0 atom stereocenters. The van der Waals surface area contributed by atoms with Crippen molar-refractivity contribution in [1.29, 1.82) is 5.26 Å². The first-order valence-electron chi connectivity index (χ1n) is 4.92. The van der Waals surface area contributed by atoms with Gasteiger partial charge in [-0.25, -0.2) is 4.39 Å². The third-order valence-electron chi connectivity index (χ3n) is 2.19. The predicted molar refractivity (Wildman–Crippen MR) is 66.1 cm³/mol. The Kier molecular flexibility index (Phi) is 3.31. The Labute approximate surface area is 103 Å². The first kappa shape index (κ1) is 11.5. The number of nitrogen functional groups attached to an aromatic ring is 1. The van der Waals surface area contributed by atoms with Gasteiger partial charge < -0.3 is 5.73 Å². The van der Waals surface area contributed by atoms with Gasteiger partial charge in [0.1, 0.15) is 11.9 Å². The van der Waals surface area contributed by atoms with Crippen molar-refractivity contribution in [1.82, 2.24) is 0 Å². The lowest BCUT2D eigenvalue weighted by Gasteiger charge is -2.03. The second-order valence-corrected chi connectivity index (χ2v) is 4.56. The summed E-state index contributed by atoms with van der Waals surface area (Å²) in [6.45, 7) is 0. The smallest absolute Gasteiger partial charge is 0.123 e. The first-order chi connectivity index (χ1) is 8.19. The van der Waals surface area contributed by atoms with Crippen molar-refractivity contribution in [3.05, 3.63) is 53.8 Å². The topological polar surface area (TPSA) is 49.8 Å². The average molecular weight is 244 g/mol. The number of nitrogens with two attached hydrogens (primary N) is 1. The van der Waals surface area contributed by atoms with Crippen LogP contribution in [0.25, 0.3) is 0 Å². The SMILES string of the molecule is N#Cc1cc(Sc2ccc(F)cc2)ccc1N. The number of halogens is 1. The molecule has 2 N–H and O–H groups in total. The molecule has 0 radical (unpaired) electrons. The van der Waals surface area contributed by atoms with E-state index in [-0.39, 0.29) is 5.82 Å². The highest BCUT2D eigenvalue weighted by molar-refractivity contribution is 7.99. The Morgan fingerprint density at radius 3 is 2.35 bits per heavy atom. The van der Waals surface area contributed by atoms with Crippen molar-refractivity contribution >= 4 is 17.4 Å². The molecular weight excluding hydrogens is 235 g/mol. The molecule has 0 amide bonds. The summed E-state index contributed by atoms with van der Waals surface area (Å²) in [6.07, 6.45) is 0. The molecule has 4 heteroatoms. The lowest BCUT2D eigenvalue weighted by molar-refractivity contribution is 0.626. The molecule has 0 saturated carbocycles. The number of nitriles is 1. The van der Waals surface area contributed by atoms with Gasteiger partial charge in [0.05, 0.1) is 5.56 Å². The molecule has 2 rings (SSSR count). The van der Waals surface area contributed by atoms with Gasteiger partial charge in [0, 0.05) is 15.5 Å². The Hall–Kier alpha value is -1.99. The van der Waals surface area contributed by atoms with Crippen LogP contribution in [0.3, 0.4) is 0 Å². The van der Waals surface area contributed by atoms with Crippen molar-refractivity contribution in [3.8, 4) is 6.07 Å². The van der Waals surface area contributed by atoms with Gasteiger partial charge in [-0.3, -0.25) is 0 Å². The molecule has 0 aliphatic rings. The molecule has 0 aliphatic heterocycles. The van der Waals surface area contributed by atoms with Crippen LogP contribution in [0, 0.1) is 17.1 Å². The summed E-state index contributed by atoms with van der Waals surface area (Å²) in [5, 5.41) is 8.86. The monoisotopic (exact) mass is 244 g/mol. The predicted octanol–water partition coefficient (Wildman–Crippen LogP) is 3.43. The second kappa shape index (κ2) is 4.89. The Morgan fingerprint density at radius 1 is 1.06 bits per heavy atom. The van der Waals surface area contributed by atoms with Crippen LogP contribution in [-0.2, 0) is 0 Å². The zero-order chi connectivity index (χ0) is 12.3. The van der Waals surface area contributed by atoms with Gasteiger partial charge in [-0.05, 0) is 42.5 Å². The van der Waals surface area contributed by atoms with E-state index in [1.165, 1.54) is 23.9 Å². The third kappa shape index (κ3) is 2.77. The Balaban J connectivity index is 2.25. The molecule has 17 heavy (non-hydrogen) atoms. The van der Waals surface area contributed by atoms with E-state index in [0.717, 1.165) is 9.79 Å². The van der Waals surface area contributed by atoms with E-state index in [1.807, 2.05) is 12.1 Å². The van der Waals surface area contributed by atoms with Crippen molar-refractivity contribution in [3.63, 3.8) is 0 Å². The lowest BCUT2D eigenvalue weighted by Crippen LogP contribution is -1.89. The van der Waals surface area contributed by atoms with Crippen molar-refractivity contribution in [2.45, 2.75) is 9.79 Å². The highest BCUT2D eigenvalue weighted by Gasteiger charge is 2.02. The molecule has 0 aromatic heterocycles. The summed E-state index contributed by atoms with van der Waals surface area (Å²) in [4.78, 5) is 1.82. The minimum atomic E-state index is -0.260. The van der Waals surface area contributed by atoms with Crippen molar-refractivity contribution < 1.29 is 4.39 Å². The standard InChI is InChI=1S/C13H9FN2S/c14-10-1-3-11(4-2-10)17-12-5-6-13(16)9(7-12)8-15/h1-7H,16H2. The second-order valence-electron chi connectivity index (χ2n) is 3.42. The molecule has 2 aromatic rings. The zero-order valence-corrected chi connectivity index (χ0v) is 9.67. The highest BCUT2D eigenvalue weighted by Crippen LogP contribution is 2.29. The van der Waals surface area contributed by atoms with E-state index in [9.17, 15) is 4.39 Å². The molecule has 0 saturated heterocycles. The molecule has 0 fully saturated rings. The van der Waals surface area contributed by atoms with E-state index in [2.05, 4.69) is 0 Å². The maximum atomic E-state index is 12.7. The summed E-state index contributed by atoms with van der Waals surface area (Å²) in [5.74, 6) is -0.260. The van der Waals surface area contributed by atoms with E-state index in [0.29, 0.717) is 11.3 Å². The van der Waals surface area contributed by atoms with Crippen LogP contribution in [0.2, 0.25) is 0 Å². The fourth-order valence-electron chi connectivity index (χ4n) is 1.33. The first-order valence-corrected chi connectivity index (χ1v) is 5.74. The summed E-state index contributed by atoms with van der Waals surface area (Å²) in [7, 11) is 0. The number of hydrogen-bond donors (Lipinski definition) is 1. The van der Waals surface area contributed by atoms with E-state index in [1.54, 1.807) is 24.3 Å². The Bertz CT molecular complexity index is 573. The van der Waals surface area contributed by atoms with Gasteiger partial charge in [-0.1, -0.05) is 11.8 Å². The molecule has 2 aromatic carbocycles. The van der Waals surface area contributed by atoms with Gasteiger partial charge in [0.2, 0.25) is 0 Å². The van der Waals surface area contributed by atoms with E-state index in [4.69, 9.17) is 11.0 Å². The quantitative estimate of drug-likeness (QED) is 0.823. The van der Waals surface area contributed by atoms with Gasteiger partial charge in [-0.2, -0.15) is 5.26 Å². The number of anilines is 1. The fraction of sp³-hybridized carbons (Fsp3) is 0. The number of nitrogens with zero attached hydrogens (tertiary/aromatic N) is 1. The van der Waals surface area contributed by atoms with Crippen LogP contribution in [0.4, 0.5) is 10.1 Å². The van der Waals surface area contributed by atoms with Crippen LogP contribution in [0.1, 0.15) is 5.56 Å². The maximum absolute atomic E-state index is 12.7. The zero-order valence-electron chi connectivity index (χ0n) is 8.85. The molecule has 2 nitrogen and oxygen atoms in total.